The zero-order valence-corrected chi connectivity index (χ0v) is 17.8. The van der Waals surface area contributed by atoms with Crippen molar-refractivity contribution in [1.82, 2.24) is 14.1 Å². The van der Waals surface area contributed by atoms with E-state index in [0.29, 0.717) is 16.5 Å². The van der Waals surface area contributed by atoms with Crippen molar-refractivity contribution < 1.29 is 22.7 Å². The van der Waals surface area contributed by atoms with Crippen molar-refractivity contribution in [2.75, 3.05) is 26.0 Å². The first-order valence-corrected chi connectivity index (χ1v) is 10.5. The molecule has 11 heteroatoms. The highest BCUT2D eigenvalue weighted by molar-refractivity contribution is 7.89. The van der Waals surface area contributed by atoms with E-state index in [1.54, 1.807) is 24.3 Å². The van der Waals surface area contributed by atoms with Crippen LogP contribution in [-0.2, 0) is 26.6 Å². The van der Waals surface area contributed by atoms with Gasteiger partial charge in [-0.2, -0.15) is 5.10 Å². The molecule has 1 heterocycles. The molecule has 0 aliphatic carbocycles. The minimum atomic E-state index is -3.58. The fourth-order valence-electron chi connectivity index (χ4n) is 2.77. The molecule has 0 saturated carbocycles. The number of rotatable bonds is 6. The van der Waals surface area contributed by atoms with Crippen LogP contribution >= 0.6 is 0 Å². The third-order valence-corrected chi connectivity index (χ3v) is 6.23. The number of fused-ring (bicyclic) bond motifs is 1. The van der Waals surface area contributed by atoms with Crippen LogP contribution in [-0.4, -0.2) is 55.1 Å². The summed E-state index contributed by atoms with van der Waals surface area (Å²) in [6, 6.07) is 12.0. The average molecular weight is 444 g/mol. The Bertz CT molecular complexity index is 1310. The predicted molar refractivity (Wildman–Crippen MR) is 113 cm³/mol. The Kier molecular flexibility index (Phi) is 6.18. The molecule has 10 nitrogen and oxygen atoms in total. The Balaban J connectivity index is 1.68. The molecular formula is C20H20N4O6S. The first kappa shape index (κ1) is 22.1. The van der Waals surface area contributed by atoms with Crippen molar-refractivity contribution in [3.05, 3.63) is 64.6 Å². The number of aromatic nitrogens is 2. The van der Waals surface area contributed by atoms with E-state index in [1.807, 2.05) is 0 Å². The van der Waals surface area contributed by atoms with Gasteiger partial charge in [0.15, 0.2) is 12.3 Å². The maximum Gasteiger partial charge on any atom is 0.359 e. The van der Waals surface area contributed by atoms with Crippen LogP contribution < -0.4 is 10.9 Å². The van der Waals surface area contributed by atoms with Crippen LogP contribution in [0.3, 0.4) is 0 Å². The monoisotopic (exact) mass is 444 g/mol. The molecule has 0 aliphatic rings. The summed E-state index contributed by atoms with van der Waals surface area (Å²) >= 11 is 0. The van der Waals surface area contributed by atoms with Gasteiger partial charge in [0.2, 0.25) is 10.0 Å². The highest BCUT2D eigenvalue weighted by atomic mass is 32.2. The van der Waals surface area contributed by atoms with Crippen LogP contribution in [0.2, 0.25) is 0 Å². The zero-order chi connectivity index (χ0) is 22.8. The van der Waals surface area contributed by atoms with Gasteiger partial charge in [-0.1, -0.05) is 18.2 Å². The van der Waals surface area contributed by atoms with E-state index >= 15 is 0 Å². The molecule has 162 valence electrons. The quantitative estimate of drug-likeness (QED) is 0.561. The van der Waals surface area contributed by atoms with Gasteiger partial charge in [-0.05, 0) is 30.3 Å². The van der Waals surface area contributed by atoms with Crippen LogP contribution in [0, 0.1) is 0 Å². The third kappa shape index (κ3) is 4.62. The van der Waals surface area contributed by atoms with Crippen molar-refractivity contribution in [1.29, 1.82) is 0 Å². The summed E-state index contributed by atoms with van der Waals surface area (Å²) in [5.41, 5.74) is -0.0993. The molecule has 0 fully saturated rings. The number of ether oxygens (including phenoxy) is 1. The number of anilines is 1. The van der Waals surface area contributed by atoms with E-state index in [-0.39, 0.29) is 16.1 Å². The van der Waals surface area contributed by atoms with Gasteiger partial charge >= 0.3 is 5.97 Å². The van der Waals surface area contributed by atoms with Crippen molar-refractivity contribution >= 4 is 38.4 Å². The second-order valence-electron chi connectivity index (χ2n) is 6.76. The number of nitrogens with zero attached hydrogens (tertiary/aromatic N) is 3. The SMILES string of the molecule is CN(C)S(=O)(=O)c1ccc(NC(=O)COC(=O)c2nn(C)c(=O)c3ccccc23)cc1. The molecular weight excluding hydrogens is 424 g/mol. The lowest BCUT2D eigenvalue weighted by Gasteiger charge is -2.12. The second kappa shape index (κ2) is 8.66. The minimum Gasteiger partial charge on any atom is -0.451 e. The summed E-state index contributed by atoms with van der Waals surface area (Å²) in [4.78, 5) is 36.8. The minimum absolute atomic E-state index is 0.0783. The highest BCUT2D eigenvalue weighted by Crippen LogP contribution is 2.17. The van der Waals surface area contributed by atoms with E-state index in [1.165, 1.54) is 45.4 Å². The van der Waals surface area contributed by atoms with E-state index in [0.717, 1.165) is 8.99 Å². The van der Waals surface area contributed by atoms with Gasteiger partial charge in [0, 0.05) is 32.2 Å². The number of hydrogen-bond acceptors (Lipinski definition) is 7. The summed E-state index contributed by atoms with van der Waals surface area (Å²) in [6.45, 7) is -0.588. The van der Waals surface area contributed by atoms with Crippen LogP contribution in [0.1, 0.15) is 10.5 Å². The molecule has 0 radical (unpaired) electrons. The number of aryl methyl sites for hydroxylation is 1. The van der Waals surface area contributed by atoms with Gasteiger partial charge in [-0.3, -0.25) is 9.59 Å². The lowest BCUT2D eigenvalue weighted by Crippen LogP contribution is -2.26. The van der Waals surface area contributed by atoms with Gasteiger partial charge in [-0.25, -0.2) is 22.2 Å². The Morgan fingerprint density at radius 1 is 1.06 bits per heavy atom. The highest BCUT2D eigenvalue weighted by Gasteiger charge is 2.19. The smallest absolute Gasteiger partial charge is 0.359 e. The van der Waals surface area contributed by atoms with E-state index in [2.05, 4.69) is 10.4 Å². The standard InChI is InChI=1S/C20H20N4O6S/c1-23(2)31(28,29)14-10-8-13(9-11-14)21-17(25)12-30-20(27)18-15-6-4-5-7-16(15)19(26)24(3)22-18/h4-11H,12H2,1-3H3,(H,21,25). The molecule has 1 aromatic heterocycles. The van der Waals surface area contributed by atoms with E-state index in [9.17, 15) is 22.8 Å². The van der Waals surface area contributed by atoms with Crippen LogP contribution in [0.15, 0.2) is 58.2 Å². The molecule has 0 unspecified atom stereocenters. The number of benzene rings is 2. The van der Waals surface area contributed by atoms with Gasteiger partial charge in [0.25, 0.3) is 11.5 Å². The van der Waals surface area contributed by atoms with Crippen LogP contribution in [0.4, 0.5) is 5.69 Å². The summed E-state index contributed by atoms with van der Waals surface area (Å²) < 4.78 is 31.3. The first-order valence-electron chi connectivity index (χ1n) is 9.07. The van der Waals surface area contributed by atoms with Crippen molar-refractivity contribution in [2.24, 2.45) is 7.05 Å². The fourth-order valence-corrected chi connectivity index (χ4v) is 3.67. The number of nitrogens with one attached hydrogen (secondary N) is 1. The van der Waals surface area contributed by atoms with Gasteiger partial charge in [0.05, 0.1) is 10.3 Å². The van der Waals surface area contributed by atoms with Crippen molar-refractivity contribution in [3.63, 3.8) is 0 Å². The van der Waals surface area contributed by atoms with E-state index < -0.39 is 28.5 Å². The molecule has 0 bridgehead atoms. The summed E-state index contributed by atoms with van der Waals surface area (Å²) in [7, 11) is 0.674. The largest absolute Gasteiger partial charge is 0.451 e. The number of carbonyl (C=O) groups excluding carboxylic acids is 2. The predicted octanol–water partition coefficient (Wildman–Crippen LogP) is 0.979. The molecule has 1 amide bonds. The average Bonchev–Trinajstić information content (AvgIpc) is 2.75. The Labute approximate surface area is 178 Å². The first-order chi connectivity index (χ1) is 14.6. The lowest BCUT2D eigenvalue weighted by atomic mass is 10.1. The number of hydrogen-bond donors (Lipinski definition) is 1. The van der Waals surface area contributed by atoms with Gasteiger partial charge < -0.3 is 10.1 Å². The summed E-state index contributed by atoms with van der Waals surface area (Å²) in [5, 5.41) is 7.10. The van der Waals surface area contributed by atoms with Gasteiger partial charge in [-0.15, -0.1) is 0 Å². The molecule has 0 saturated heterocycles. The number of esters is 1. The van der Waals surface area contributed by atoms with E-state index in [4.69, 9.17) is 4.74 Å². The molecule has 0 spiro atoms. The van der Waals surface area contributed by atoms with Crippen molar-refractivity contribution in [3.8, 4) is 0 Å². The molecule has 0 atom stereocenters. The van der Waals surface area contributed by atoms with Crippen LogP contribution in [0.5, 0.6) is 0 Å². The molecule has 2 aromatic carbocycles. The molecule has 3 aromatic rings. The second-order valence-corrected chi connectivity index (χ2v) is 8.91. The zero-order valence-electron chi connectivity index (χ0n) is 17.0. The molecule has 31 heavy (non-hydrogen) atoms. The fraction of sp³-hybridized carbons (Fsp3) is 0.200. The van der Waals surface area contributed by atoms with Gasteiger partial charge in [0.1, 0.15) is 0 Å². The van der Waals surface area contributed by atoms with Crippen molar-refractivity contribution in [2.45, 2.75) is 4.90 Å². The third-order valence-electron chi connectivity index (χ3n) is 4.40. The molecule has 0 aliphatic heterocycles. The number of amides is 1. The lowest BCUT2D eigenvalue weighted by molar-refractivity contribution is -0.119. The maximum atomic E-state index is 12.4. The molecule has 3 rings (SSSR count). The number of sulfonamides is 1. The number of carbonyl (C=O) groups is 2. The maximum absolute atomic E-state index is 12.4. The van der Waals surface area contributed by atoms with Crippen LogP contribution in [0.25, 0.3) is 10.8 Å². The normalized spacial score (nSPS) is 11.5. The Morgan fingerprint density at radius 3 is 2.29 bits per heavy atom. The molecule has 1 N–H and O–H groups in total. The Morgan fingerprint density at radius 2 is 1.68 bits per heavy atom. The topological polar surface area (TPSA) is 128 Å². The summed E-state index contributed by atoms with van der Waals surface area (Å²) in [6.07, 6.45) is 0. The Hall–Kier alpha value is -3.57. The summed E-state index contributed by atoms with van der Waals surface area (Å²) in [5.74, 6) is -1.47.